The fourth-order valence-electron chi connectivity index (χ4n) is 2.79. The van der Waals surface area contributed by atoms with Crippen molar-refractivity contribution < 1.29 is 9.47 Å². The van der Waals surface area contributed by atoms with E-state index in [1.54, 1.807) is 14.2 Å². The molecule has 0 aliphatic rings. The van der Waals surface area contributed by atoms with Gasteiger partial charge in [0.15, 0.2) is 0 Å². The van der Waals surface area contributed by atoms with Crippen LogP contribution < -0.4 is 15.2 Å². The zero-order valence-electron chi connectivity index (χ0n) is 15.6. The van der Waals surface area contributed by atoms with Gasteiger partial charge in [-0.15, -0.1) is 0 Å². The zero-order valence-corrected chi connectivity index (χ0v) is 18.5. The molecule has 2 aromatic carbocycles. The van der Waals surface area contributed by atoms with Crippen molar-refractivity contribution in [2.24, 2.45) is 7.05 Å². The summed E-state index contributed by atoms with van der Waals surface area (Å²) in [5.74, 6) is 0.756. The lowest BCUT2D eigenvalue weighted by molar-refractivity contribution is 0.303. The molecule has 4 rings (SSSR count). The average Bonchev–Trinajstić information content (AvgIpc) is 3.34. The van der Waals surface area contributed by atoms with Crippen LogP contribution in [0.3, 0.4) is 0 Å². The first-order valence-corrected chi connectivity index (χ1v) is 10.5. The van der Waals surface area contributed by atoms with Crippen LogP contribution in [0.25, 0.3) is 16.9 Å². The molecule has 148 valence electrons. The Kier molecular flexibility index (Phi) is 5.62. The Balaban J connectivity index is 1.60. The van der Waals surface area contributed by atoms with E-state index in [0.29, 0.717) is 10.9 Å². The number of nitrogens with zero attached hydrogens (tertiary/aromatic N) is 5. The summed E-state index contributed by atoms with van der Waals surface area (Å²) in [7, 11) is 3.20. The molecule has 29 heavy (non-hydrogen) atoms. The van der Waals surface area contributed by atoms with Crippen molar-refractivity contribution >= 4 is 33.9 Å². The first-order valence-electron chi connectivity index (χ1n) is 8.57. The summed E-state index contributed by atoms with van der Waals surface area (Å²) in [6.45, 7) is 0.246. The number of benzene rings is 2. The summed E-state index contributed by atoms with van der Waals surface area (Å²) in [5, 5.41) is 10.2. The molecule has 0 aliphatic carbocycles. The number of hydrogen-bond donors (Lipinski definition) is 0. The SMILES string of the molecule is COc1ccccc1-c1csc(OCc2c(I)cccc2-n2nnn(C)c2=O)n1. The van der Waals surface area contributed by atoms with Gasteiger partial charge in [0.2, 0.25) is 0 Å². The summed E-state index contributed by atoms with van der Waals surface area (Å²) >= 11 is 3.62. The Morgan fingerprint density at radius 1 is 1.14 bits per heavy atom. The van der Waals surface area contributed by atoms with Gasteiger partial charge in [0.05, 0.1) is 18.5 Å². The van der Waals surface area contributed by atoms with Gasteiger partial charge in [-0.2, -0.15) is 9.36 Å². The number of tetrazole rings is 1. The first kappa shape index (κ1) is 19.6. The summed E-state index contributed by atoms with van der Waals surface area (Å²) in [6.07, 6.45) is 0. The van der Waals surface area contributed by atoms with Gasteiger partial charge in [-0.05, 0) is 57.3 Å². The maximum Gasteiger partial charge on any atom is 0.368 e. The summed E-state index contributed by atoms with van der Waals surface area (Å²) in [6, 6.07) is 13.3. The second kappa shape index (κ2) is 8.33. The molecule has 0 spiro atoms. The van der Waals surface area contributed by atoms with E-state index in [1.807, 2.05) is 47.8 Å². The highest BCUT2D eigenvalue weighted by Crippen LogP contribution is 2.33. The van der Waals surface area contributed by atoms with Crippen molar-refractivity contribution in [2.75, 3.05) is 7.11 Å². The molecule has 4 aromatic rings. The second-order valence-corrected chi connectivity index (χ2v) is 8.00. The molecule has 10 heteroatoms. The van der Waals surface area contributed by atoms with Crippen molar-refractivity contribution in [1.29, 1.82) is 0 Å². The van der Waals surface area contributed by atoms with E-state index in [-0.39, 0.29) is 12.3 Å². The van der Waals surface area contributed by atoms with Crippen molar-refractivity contribution in [3.63, 3.8) is 0 Å². The normalized spacial score (nSPS) is 10.9. The molecular formula is C19H16IN5O3S. The van der Waals surface area contributed by atoms with E-state index in [0.717, 1.165) is 26.1 Å². The molecule has 0 atom stereocenters. The third kappa shape index (κ3) is 3.90. The van der Waals surface area contributed by atoms with Gasteiger partial charge < -0.3 is 9.47 Å². The summed E-state index contributed by atoms with van der Waals surface area (Å²) in [5.41, 5.74) is 2.85. The van der Waals surface area contributed by atoms with Crippen LogP contribution in [-0.2, 0) is 13.7 Å². The first-order chi connectivity index (χ1) is 14.1. The molecule has 0 bridgehead atoms. The Hall–Kier alpha value is -2.73. The van der Waals surface area contributed by atoms with Crippen molar-refractivity contribution in [1.82, 2.24) is 24.8 Å². The van der Waals surface area contributed by atoms with Gasteiger partial charge in [-0.25, -0.2) is 9.78 Å². The fraction of sp³-hybridized carbons (Fsp3) is 0.158. The van der Waals surface area contributed by atoms with Gasteiger partial charge in [-0.3, -0.25) is 0 Å². The third-order valence-electron chi connectivity index (χ3n) is 4.25. The van der Waals surface area contributed by atoms with Crippen LogP contribution in [0.2, 0.25) is 0 Å². The molecule has 0 amide bonds. The Morgan fingerprint density at radius 2 is 1.97 bits per heavy atom. The lowest BCUT2D eigenvalue weighted by Crippen LogP contribution is -2.23. The topological polar surface area (TPSA) is 84.1 Å². The number of aromatic nitrogens is 5. The molecule has 2 heterocycles. The van der Waals surface area contributed by atoms with E-state index in [1.165, 1.54) is 20.7 Å². The summed E-state index contributed by atoms with van der Waals surface area (Å²) < 4.78 is 14.8. The number of rotatable bonds is 6. The standard InChI is InChI=1S/C19H16IN5O3S/c1-24-19(26)25(23-22-24)16-8-5-7-14(20)13(16)10-28-18-21-15(11-29-18)12-6-3-4-9-17(12)27-2/h3-9,11H,10H2,1-2H3. The van der Waals surface area contributed by atoms with E-state index in [2.05, 4.69) is 38.0 Å². The Labute approximate surface area is 183 Å². The molecule has 0 N–H and O–H groups in total. The van der Waals surface area contributed by atoms with Gasteiger partial charge in [0, 0.05) is 27.1 Å². The number of thiazole rings is 1. The van der Waals surface area contributed by atoms with Crippen LogP contribution in [0.1, 0.15) is 5.56 Å². The maximum absolute atomic E-state index is 12.3. The molecule has 0 unspecified atom stereocenters. The van der Waals surface area contributed by atoms with E-state index >= 15 is 0 Å². The average molecular weight is 521 g/mol. The number of methoxy groups -OCH3 is 1. The Bertz CT molecular complexity index is 1220. The van der Waals surface area contributed by atoms with Crippen LogP contribution in [0, 0.1) is 3.57 Å². The van der Waals surface area contributed by atoms with Gasteiger partial charge in [0.25, 0.3) is 5.19 Å². The zero-order chi connectivity index (χ0) is 20.4. The van der Waals surface area contributed by atoms with Crippen molar-refractivity contribution in [2.45, 2.75) is 6.61 Å². The third-order valence-corrected chi connectivity index (χ3v) is 6.01. The molecule has 0 fully saturated rings. The van der Waals surface area contributed by atoms with Crippen molar-refractivity contribution in [3.8, 4) is 27.9 Å². The second-order valence-electron chi connectivity index (χ2n) is 6.02. The predicted molar refractivity (Wildman–Crippen MR) is 118 cm³/mol. The van der Waals surface area contributed by atoms with Gasteiger partial charge in [0.1, 0.15) is 12.4 Å². The van der Waals surface area contributed by atoms with E-state index in [4.69, 9.17) is 9.47 Å². The predicted octanol–water partition coefficient (Wildman–Crippen LogP) is 3.28. The molecule has 0 saturated carbocycles. The highest BCUT2D eigenvalue weighted by atomic mass is 127. The molecule has 2 aromatic heterocycles. The van der Waals surface area contributed by atoms with Crippen LogP contribution in [0.5, 0.6) is 10.9 Å². The minimum absolute atomic E-state index is 0.246. The number of halogens is 1. The minimum Gasteiger partial charge on any atom is -0.496 e. The van der Waals surface area contributed by atoms with Crippen LogP contribution in [0.4, 0.5) is 0 Å². The molecule has 0 aliphatic heterocycles. The molecule has 8 nitrogen and oxygen atoms in total. The van der Waals surface area contributed by atoms with E-state index in [9.17, 15) is 4.79 Å². The number of ether oxygens (including phenoxy) is 2. The highest BCUT2D eigenvalue weighted by molar-refractivity contribution is 14.1. The number of hydrogen-bond acceptors (Lipinski definition) is 7. The smallest absolute Gasteiger partial charge is 0.368 e. The molecule has 0 radical (unpaired) electrons. The largest absolute Gasteiger partial charge is 0.496 e. The maximum atomic E-state index is 12.3. The van der Waals surface area contributed by atoms with E-state index < -0.39 is 0 Å². The summed E-state index contributed by atoms with van der Waals surface area (Å²) in [4.78, 5) is 16.8. The van der Waals surface area contributed by atoms with Crippen molar-refractivity contribution in [3.05, 3.63) is 67.5 Å². The monoisotopic (exact) mass is 521 g/mol. The van der Waals surface area contributed by atoms with Crippen LogP contribution in [0.15, 0.2) is 52.6 Å². The lowest BCUT2D eigenvalue weighted by atomic mass is 10.1. The molecule has 0 saturated heterocycles. The highest BCUT2D eigenvalue weighted by Gasteiger charge is 2.16. The van der Waals surface area contributed by atoms with Gasteiger partial charge in [-0.1, -0.05) is 29.5 Å². The number of aryl methyl sites for hydroxylation is 1. The van der Waals surface area contributed by atoms with Crippen LogP contribution in [-0.4, -0.2) is 31.9 Å². The van der Waals surface area contributed by atoms with Gasteiger partial charge >= 0.3 is 5.69 Å². The fourth-order valence-corrected chi connectivity index (χ4v) is 4.10. The number of para-hydroxylation sites is 1. The van der Waals surface area contributed by atoms with Crippen LogP contribution >= 0.6 is 33.9 Å². The molecular weight excluding hydrogens is 505 g/mol. The quantitative estimate of drug-likeness (QED) is 0.363. The minimum atomic E-state index is -0.319. The Morgan fingerprint density at radius 3 is 2.72 bits per heavy atom. The lowest BCUT2D eigenvalue weighted by Gasteiger charge is -2.10.